The van der Waals surface area contributed by atoms with E-state index in [1.54, 1.807) is 11.1 Å². The molecule has 3 unspecified atom stereocenters. The highest BCUT2D eigenvalue weighted by Gasteiger charge is 2.49. The first-order valence-corrected chi connectivity index (χ1v) is 8.99. The molecule has 0 amide bonds. The van der Waals surface area contributed by atoms with Crippen molar-refractivity contribution in [2.24, 2.45) is 17.3 Å². The predicted octanol–water partition coefficient (Wildman–Crippen LogP) is 5.47. The highest BCUT2D eigenvalue weighted by Crippen LogP contribution is 2.57. The third kappa shape index (κ3) is 1.70. The lowest BCUT2D eigenvalue weighted by Crippen LogP contribution is -2.32. The third-order valence-corrected chi connectivity index (χ3v) is 6.73. The van der Waals surface area contributed by atoms with Crippen molar-refractivity contribution in [3.05, 3.63) is 59.2 Å². The van der Waals surface area contributed by atoms with E-state index in [-0.39, 0.29) is 0 Å². The summed E-state index contributed by atoms with van der Waals surface area (Å²) < 4.78 is 0. The molecular formula is C22H24. The average molecular weight is 288 g/mol. The molecule has 2 aromatic carbocycles. The quantitative estimate of drug-likeness (QED) is 0.610. The summed E-state index contributed by atoms with van der Waals surface area (Å²) in [6.07, 6.45) is 13.1. The molecule has 112 valence electrons. The first-order chi connectivity index (χ1) is 10.8. The van der Waals surface area contributed by atoms with E-state index >= 15 is 0 Å². The van der Waals surface area contributed by atoms with E-state index in [1.807, 2.05) is 0 Å². The molecule has 0 heteroatoms. The summed E-state index contributed by atoms with van der Waals surface area (Å²) >= 11 is 0. The maximum Gasteiger partial charge on any atom is -0.0149 e. The zero-order valence-electron chi connectivity index (χ0n) is 13.4. The maximum absolute atomic E-state index is 2.54. The SMILES string of the molecule is CCc1cccc2cc3c(cc12)CCC1(C3)CC2C=CC1C2. The first-order valence-electron chi connectivity index (χ1n) is 8.99. The standard InChI is InChI=1S/C22H24/c1-2-16-4-3-5-18-11-19-14-22(9-8-17(19)12-21(16)18)13-15-6-7-20(22)10-15/h3-7,11-12,15,20H,2,8-10,13-14H2,1H3. The number of rotatable bonds is 1. The van der Waals surface area contributed by atoms with Crippen molar-refractivity contribution in [2.45, 2.75) is 45.4 Å². The van der Waals surface area contributed by atoms with Crippen molar-refractivity contribution in [3.63, 3.8) is 0 Å². The van der Waals surface area contributed by atoms with Crippen LogP contribution < -0.4 is 0 Å². The predicted molar refractivity (Wildman–Crippen MR) is 93.1 cm³/mol. The van der Waals surface area contributed by atoms with Gasteiger partial charge in [-0.05, 0) is 83.2 Å². The van der Waals surface area contributed by atoms with E-state index < -0.39 is 0 Å². The molecule has 1 fully saturated rings. The second-order valence-corrected chi connectivity index (χ2v) is 7.84. The minimum Gasteiger partial charge on any atom is -0.0851 e. The molecule has 22 heavy (non-hydrogen) atoms. The Morgan fingerprint density at radius 1 is 1.14 bits per heavy atom. The minimum absolute atomic E-state index is 0.600. The van der Waals surface area contributed by atoms with E-state index in [1.165, 1.54) is 48.4 Å². The van der Waals surface area contributed by atoms with Crippen LogP contribution in [0.15, 0.2) is 42.5 Å². The molecule has 1 saturated carbocycles. The van der Waals surface area contributed by atoms with Crippen molar-refractivity contribution in [1.82, 2.24) is 0 Å². The zero-order valence-corrected chi connectivity index (χ0v) is 13.4. The molecule has 2 bridgehead atoms. The Morgan fingerprint density at radius 2 is 2.09 bits per heavy atom. The van der Waals surface area contributed by atoms with Crippen LogP contribution >= 0.6 is 0 Å². The van der Waals surface area contributed by atoms with E-state index in [9.17, 15) is 0 Å². The molecule has 1 spiro atoms. The van der Waals surface area contributed by atoms with Crippen LogP contribution in [0.25, 0.3) is 10.8 Å². The van der Waals surface area contributed by atoms with Crippen molar-refractivity contribution in [1.29, 1.82) is 0 Å². The van der Waals surface area contributed by atoms with E-state index in [4.69, 9.17) is 0 Å². The topological polar surface area (TPSA) is 0 Å². The molecule has 0 saturated heterocycles. The van der Waals surface area contributed by atoms with Gasteiger partial charge in [0, 0.05) is 0 Å². The van der Waals surface area contributed by atoms with Crippen LogP contribution in [-0.2, 0) is 19.3 Å². The second kappa shape index (κ2) is 4.47. The van der Waals surface area contributed by atoms with Crippen molar-refractivity contribution >= 4 is 10.8 Å². The van der Waals surface area contributed by atoms with Gasteiger partial charge in [0.05, 0.1) is 0 Å². The van der Waals surface area contributed by atoms with Gasteiger partial charge in [-0.15, -0.1) is 0 Å². The molecule has 0 aromatic heterocycles. The number of benzene rings is 2. The third-order valence-electron chi connectivity index (χ3n) is 6.73. The smallest absolute Gasteiger partial charge is 0.0149 e. The van der Waals surface area contributed by atoms with Crippen molar-refractivity contribution in [2.75, 3.05) is 0 Å². The Hall–Kier alpha value is -1.56. The van der Waals surface area contributed by atoms with Crippen LogP contribution in [0, 0.1) is 17.3 Å². The van der Waals surface area contributed by atoms with Gasteiger partial charge in [0.2, 0.25) is 0 Å². The lowest BCUT2D eigenvalue weighted by Gasteiger charge is -2.40. The molecule has 0 heterocycles. The second-order valence-electron chi connectivity index (χ2n) is 7.84. The van der Waals surface area contributed by atoms with Crippen LogP contribution in [0.2, 0.25) is 0 Å². The molecule has 0 radical (unpaired) electrons. The molecule has 3 aliphatic rings. The summed E-state index contributed by atoms with van der Waals surface area (Å²) in [6.45, 7) is 2.27. The summed E-state index contributed by atoms with van der Waals surface area (Å²) in [5, 5.41) is 2.95. The number of fused-ring (bicyclic) bond motifs is 5. The Bertz CT molecular complexity index is 782. The largest absolute Gasteiger partial charge is 0.0851 e. The van der Waals surface area contributed by atoms with Gasteiger partial charge in [-0.2, -0.15) is 0 Å². The van der Waals surface area contributed by atoms with Gasteiger partial charge >= 0.3 is 0 Å². The van der Waals surface area contributed by atoms with E-state index in [0.29, 0.717) is 5.41 Å². The molecule has 2 aromatic rings. The Labute approximate surface area is 133 Å². The highest BCUT2D eigenvalue weighted by atomic mass is 14.5. The fourth-order valence-corrected chi connectivity index (χ4v) is 5.58. The van der Waals surface area contributed by atoms with Crippen LogP contribution in [-0.4, -0.2) is 0 Å². The lowest BCUT2D eigenvalue weighted by molar-refractivity contribution is 0.195. The monoisotopic (exact) mass is 288 g/mol. The number of allylic oxidation sites excluding steroid dienone is 2. The molecule has 3 atom stereocenters. The Balaban J connectivity index is 1.61. The molecule has 0 nitrogen and oxygen atoms in total. The molecule has 0 N–H and O–H groups in total. The van der Waals surface area contributed by atoms with Crippen LogP contribution in [0.4, 0.5) is 0 Å². The van der Waals surface area contributed by atoms with Gasteiger partial charge in [0.25, 0.3) is 0 Å². The summed E-state index contributed by atoms with van der Waals surface area (Å²) in [7, 11) is 0. The van der Waals surface area contributed by atoms with Gasteiger partial charge < -0.3 is 0 Å². The van der Waals surface area contributed by atoms with E-state index in [0.717, 1.165) is 18.3 Å². The van der Waals surface area contributed by atoms with E-state index in [2.05, 4.69) is 49.4 Å². The van der Waals surface area contributed by atoms with Gasteiger partial charge in [0.1, 0.15) is 0 Å². The van der Waals surface area contributed by atoms with Gasteiger partial charge in [-0.3, -0.25) is 0 Å². The van der Waals surface area contributed by atoms with Gasteiger partial charge in [-0.1, -0.05) is 49.4 Å². The molecule has 0 aliphatic heterocycles. The summed E-state index contributed by atoms with van der Waals surface area (Å²) in [5.74, 6) is 1.75. The van der Waals surface area contributed by atoms with Gasteiger partial charge in [0.15, 0.2) is 0 Å². The Morgan fingerprint density at radius 3 is 2.86 bits per heavy atom. The van der Waals surface area contributed by atoms with Crippen LogP contribution in [0.5, 0.6) is 0 Å². The molecular weight excluding hydrogens is 264 g/mol. The summed E-state index contributed by atoms with van der Waals surface area (Å²) in [6, 6.07) is 11.8. The number of hydrogen-bond donors (Lipinski definition) is 0. The van der Waals surface area contributed by atoms with Gasteiger partial charge in [-0.25, -0.2) is 0 Å². The molecule has 5 rings (SSSR count). The van der Waals surface area contributed by atoms with Crippen LogP contribution in [0.1, 0.15) is 42.9 Å². The summed E-state index contributed by atoms with van der Waals surface area (Å²) in [4.78, 5) is 0. The fraction of sp³-hybridized carbons (Fsp3) is 0.455. The average Bonchev–Trinajstić information content (AvgIpc) is 3.13. The zero-order chi connectivity index (χ0) is 14.7. The van der Waals surface area contributed by atoms with Crippen molar-refractivity contribution < 1.29 is 0 Å². The number of aryl methyl sites for hydroxylation is 2. The minimum atomic E-state index is 0.600. The number of hydrogen-bond acceptors (Lipinski definition) is 0. The summed E-state index contributed by atoms with van der Waals surface area (Å²) in [5.41, 5.74) is 5.38. The van der Waals surface area contributed by atoms with Crippen molar-refractivity contribution in [3.8, 4) is 0 Å². The first kappa shape index (κ1) is 12.9. The molecule has 3 aliphatic carbocycles. The highest BCUT2D eigenvalue weighted by molar-refractivity contribution is 5.87. The normalized spacial score (nSPS) is 32.0. The van der Waals surface area contributed by atoms with Crippen LogP contribution in [0.3, 0.4) is 0 Å². The lowest BCUT2D eigenvalue weighted by atomic mass is 9.64. The fourth-order valence-electron chi connectivity index (χ4n) is 5.58. The maximum atomic E-state index is 2.54. The Kier molecular flexibility index (Phi) is 2.63.